The van der Waals surface area contributed by atoms with Crippen LogP contribution in [0.4, 0.5) is 0 Å². The third-order valence-electron chi connectivity index (χ3n) is 14.1. The highest BCUT2D eigenvalue weighted by atomic mass is 16.6. The van der Waals surface area contributed by atoms with Crippen LogP contribution in [0.5, 0.6) is 5.75 Å². The van der Waals surface area contributed by atoms with E-state index in [-0.39, 0.29) is 29.7 Å². The first-order valence-corrected chi connectivity index (χ1v) is 19.2. The molecule has 5 nitrogen and oxygen atoms in total. The van der Waals surface area contributed by atoms with Gasteiger partial charge in [0.15, 0.2) is 6.61 Å². The van der Waals surface area contributed by atoms with Gasteiger partial charge in [0.25, 0.3) is 0 Å². The molecular formula is C42H58O5. The van der Waals surface area contributed by atoms with Gasteiger partial charge in [-0.15, -0.1) is 0 Å². The third kappa shape index (κ3) is 6.12. The predicted octanol–water partition coefficient (Wildman–Crippen LogP) is 10.0. The van der Waals surface area contributed by atoms with Crippen molar-refractivity contribution in [3.63, 3.8) is 0 Å². The van der Waals surface area contributed by atoms with Gasteiger partial charge < -0.3 is 13.9 Å². The SMILES string of the molecule is CC(C)CCC[C@H](C)[C@@H]1CC[C@@H]2[C@H]3CC=C4CC[C@@H](OC(=O)COc5ccc6c7c(c(=O)oc6c5)CCCC7)C[C@]4(C)[C@@H]3CC[C@]21C. The summed E-state index contributed by atoms with van der Waals surface area (Å²) < 4.78 is 17.7. The monoisotopic (exact) mass is 642 g/mol. The van der Waals surface area contributed by atoms with Crippen molar-refractivity contribution in [2.75, 3.05) is 6.61 Å². The molecule has 1 aromatic heterocycles. The highest BCUT2D eigenvalue weighted by molar-refractivity contribution is 5.83. The first-order valence-electron chi connectivity index (χ1n) is 19.2. The van der Waals surface area contributed by atoms with E-state index in [2.05, 4.69) is 40.7 Å². The van der Waals surface area contributed by atoms with Crippen LogP contribution in [0.25, 0.3) is 11.0 Å². The molecule has 5 aliphatic carbocycles. The maximum absolute atomic E-state index is 13.1. The molecule has 2 aromatic rings. The molecule has 0 N–H and O–H groups in total. The Labute approximate surface area is 282 Å². The first-order chi connectivity index (χ1) is 22.6. The second-order valence-corrected chi connectivity index (χ2v) is 17.1. The maximum atomic E-state index is 13.1. The largest absolute Gasteiger partial charge is 0.482 e. The van der Waals surface area contributed by atoms with Crippen LogP contribution in [0.15, 0.2) is 39.1 Å². The number of hydrogen-bond donors (Lipinski definition) is 0. The van der Waals surface area contributed by atoms with Crippen LogP contribution >= 0.6 is 0 Å². The Morgan fingerprint density at radius 1 is 0.979 bits per heavy atom. The molecule has 1 aromatic carbocycles. The lowest BCUT2D eigenvalue weighted by atomic mass is 9.47. The molecular weight excluding hydrogens is 584 g/mol. The van der Waals surface area contributed by atoms with Gasteiger partial charge in [-0.25, -0.2) is 9.59 Å². The minimum absolute atomic E-state index is 0.0706. The molecule has 5 heteroatoms. The van der Waals surface area contributed by atoms with Gasteiger partial charge in [0.2, 0.25) is 0 Å². The molecule has 47 heavy (non-hydrogen) atoms. The van der Waals surface area contributed by atoms with Crippen LogP contribution in [0.2, 0.25) is 0 Å². The lowest BCUT2D eigenvalue weighted by molar-refractivity contribution is -0.156. The third-order valence-corrected chi connectivity index (χ3v) is 14.1. The summed E-state index contributed by atoms with van der Waals surface area (Å²) in [5, 5.41) is 0.978. The van der Waals surface area contributed by atoms with E-state index in [1.807, 2.05) is 12.1 Å². The Kier molecular flexibility index (Phi) is 9.15. The minimum Gasteiger partial charge on any atom is -0.482 e. The number of hydrogen-bond acceptors (Lipinski definition) is 5. The molecule has 0 spiro atoms. The van der Waals surface area contributed by atoms with E-state index >= 15 is 0 Å². The van der Waals surface area contributed by atoms with Gasteiger partial charge in [-0.05, 0) is 141 Å². The summed E-state index contributed by atoms with van der Waals surface area (Å²) in [5.41, 5.74) is 4.44. The maximum Gasteiger partial charge on any atom is 0.344 e. The Morgan fingerprint density at radius 3 is 2.60 bits per heavy atom. The van der Waals surface area contributed by atoms with Crippen LogP contribution in [0, 0.1) is 46.3 Å². The van der Waals surface area contributed by atoms with E-state index in [1.54, 1.807) is 11.6 Å². The molecule has 7 rings (SSSR count). The lowest BCUT2D eigenvalue weighted by Crippen LogP contribution is -2.51. The van der Waals surface area contributed by atoms with Crippen molar-refractivity contribution in [2.24, 2.45) is 46.3 Å². The van der Waals surface area contributed by atoms with E-state index in [4.69, 9.17) is 13.9 Å². The molecule has 3 fully saturated rings. The number of aryl methyl sites for hydroxylation is 1. The number of rotatable bonds is 9. The average Bonchev–Trinajstić information content (AvgIpc) is 3.40. The van der Waals surface area contributed by atoms with Crippen molar-refractivity contribution >= 4 is 16.9 Å². The number of benzene rings is 1. The van der Waals surface area contributed by atoms with Crippen LogP contribution in [0.3, 0.4) is 0 Å². The number of carbonyl (C=O) groups is 1. The minimum atomic E-state index is -0.313. The first kappa shape index (κ1) is 33.0. The summed E-state index contributed by atoms with van der Waals surface area (Å²) >= 11 is 0. The number of fused-ring (bicyclic) bond motifs is 8. The summed E-state index contributed by atoms with van der Waals surface area (Å²) in [7, 11) is 0. The second-order valence-electron chi connectivity index (χ2n) is 17.1. The zero-order valence-electron chi connectivity index (χ0n) is 29.7. The fourth-order valence-electron chi connectivity index (χ4n) is 11.7. The quantitative estimate of drug-likeness (QED) is 0.155. The molecule has 256 valence electrons. The van der Waals surface area contributed by atoms with Gasteiger partial charge in [0.1, 0.15) is 17.4 Å². The van der Waals surface area contributed by atoms with E-state index in [9.17, 15) is 9.59 Å². The average molecular weight is 643 g/mol. The summed E-state index contributed by atoms with van der Waals surface area (Å²) in [5.74, 6) is 4.97. The Balaban J connectivity index is 0.974. The molecule has 0 amide bonds. The summed E-state index contributed by atoms with van der Waals surface area (Å²) in [6.45, 7) is 12.3. The van der Waals surface area contributed by atoms with Crippen molar-refractivity contribution in [3.8, 4) is 5.75 Å². The fourth-order valence-corrected chi connectivity index (χ4v) is 11.7. The molecule has 8 atom stereocenters. The smallest absolute Gasteiger partial charge is 0.344 e. The number of ether oxygens (including phenoxy) is 2. The van der Waals surface area contributed by atoms with Gasteiger partial charge >= 0.3 is 11.6 Å². The zero-order chi connectivity index (χ0) is 32.9. The summed E-state index contributed by atoms with van der Waals surface area (Å²) in [6, 6.07) is 5.59. The van der Waals surface area contributed by atoms with Crippen molar-refractivity contribution < 1.29 is 18.7 Å². The summed E-state index contributed by atoms with van der Waals surface area (Å²) in [4.78, 5) is 25.7. The normalized spacial score (nSPS) is 33.7. The van der Waals surface area contributed by atoms with Gasteiger partial charge in [-0.3, -0.25) is 0 Å². The standard InChI is InChI=1S/C42H58O5/c1-26(2)9-8-10-27(3)35-19-20-36-34-17-14-28-13-15-30(24-42(28,5)37(34)21-22-41(35,36)4)46-39(43)25-45-29-16-18-32-31-11-6-7-12-33(31)40(44)47-38(32)23-29/h14,16,18,23,26-27,30,34-37H,6-13,15,17,19-22,24-25H2,1-5H3/t27-,30+,34+,35-,36+,37+,41-,42-/m0/s1. The number of esters is 1. The Morgan fingerprint density at radius 2 is 1.79 bits per heavy atom. The molecule has 3 saturated carbocycles. The van der Waals surface area contributed by atoms with Crippen LogP contribution in [-0.4, -0.2) is 18.7 Å². The van der Waals surface area contributed by atoms with Gasteiger partial charge in [0.05, 0.1) is 0 Å². The van der Waals surface area contributed by atoms with E-state index in [0.717, 1.165) is 91.0 Å². The van der Waals surface area contributed by atoms with E-state index in [0.29, 0.717) is 22.7 Å². The molecule has 1 heterocycles. The van der Waals surface area contributed by atoms with Crippen LogP contribution in [0.1, 0.15) is 129 Å². The second kappa shape index (κ2) is 13.0. The van der Waals surface area contributed by atoms with Gasteiger partial charge in [-0.2, -0.15) is 0 Å². The van der Waals surface area contributed by atoms with E-state index in [1.165, 1.54) is 51.4 Å². The highest BCUT2D eigenvalue weighted by Gasteiger charge is 2.59. The van der Waals surface area contributed by atoms with Crippen molar-refractivity contribution in [3.05, 3.63) is 51.4 Å². The Hall–Kier alpha value is -2.56. The number of carbonyl (C=O) groups excluding carboxylic acids is 1. The van der Waals surface area contributed by atoms with Gasteiger partial charge in [0, 0.05) is 17.0 Å². The topological polar surface area (TPSA) is 65.7 Å². The molecule has 0 bridgehead atoms. The highest BCUT2D eigenvalue weighted by Crippen LogP contribution is 2.67. The Bertz CT molecular complexity index is 1570. The van der Waals surface area contributed by atoms with Crippen LogP contribution < -0.4 is 10.4 Å². The number of allylic oxidation sites excluding steroid dienone is 2. The zero-order valence-corrected chi connectivity index (χ0v) is 29.7. The molecule has 0 saturated heterocycles. The van der Waals surface area contributed by atoms with Crippen molar-refractivity contribution in [1.82, 2.24) is 0 Å². The van der Waals surface area contributed by atoms with Gasteiger partial charge in [-0.1, -0.05) is 65.5 Å². The lowest BCUT2D eigenvalue weighted by Gasteiger charge is -2.58. The van der Waals surface area contributed by atoms with E-state index < -0.39 is 0 Å². The van der Waals surface area contributed by atoms with Crippen molar-refractivity contribution in [2.45, 2.75) is 137 Å². The van der Waals surface area contributed by atoms with Crippen LogP contribution in [-0.2, 0) is 22.4 Å². The fraction of sp³-hybridized carbons (Fsp3) is 0.714. The molecule has 0 unspecified atom stereocenters. The molecule has 0 radical (unpaired) electrons. The van der Waals surface area contributed by atoms with Crippen molar-refractivity contribution in [1.29, 1.82) is 0 Å². The predicted molar refractivity (Wildman–Crippen MR) is 188 cm³/mol. The molecule has 0 aliphatic heterocycles. The molecule has 5 aliphatic rings. The summed E-state index contributed by atoms with van der Waals surface area (Å²) in [6.07, 6.45) is 20.0.